The minimum absolute atomic E-state index is 0.0523. The predicted octanol–water partition coefficient (Wildman–Crippen LogP) is 2.91. The number of nitrogens with zero attached hydrogens (tertiary/aromatic N) is 1. The van der Waals surface area contributed by atoms with Crippen molar-refractivity contribution in [3.8, 4) is 5.75 Å². The van der Waals surface area contributed by atoms with Crippen LogP contribution in [-0.4, -0.2) is 42.3 Å². The Hall–Kier alpha value is -1.87. The molecule has 26 heavy (non-hydrogen) atoms. The average Bonchev–Trinajstić information content (AvgIpc) is 2.78. The number of hydrogen-bond acceptors (Lipinski definition) is 7. The SMILES string of the molecule is CCCC(OS(C)(=O)=O)=C(C(=O)O)N1C2CC1Sc1ccc(C)cc1O2. The Labute approximate surface area is 157 Å². The van der Waals surface area contributed by atoms with Crippen LogP contribution < -0.4 is 4.74 Å². The lowest BCUT2D eigenvalue weighted by atomic mass is 10.1. The highest BCUT2D eigenvalue weighted by molar-refractivity contribution is 8.00. The maximum atomic E-state index is 12.0. The maximum Gasteiger partial charge on any atom is 0.355 e. The van der Waals surface area contributed by atoms with Gasteiger partial charge in [-0.3, -0.25) is 0 Å². The van der Waals surface area contributed by atoms with Crippen molar-refractivity contribution in [3.05, 3.63) is 35.2 Å². The molecule has 0 radical (unpaired) electrons. The van der Waals surface area contributed by atoms with Gasteiger partial charge in [-0.05, 0) is 31.0 Å². The van der Waals surface area contributed by atoms with Crippen LogP contribution in [-0.2, 0) is 19.1 Å². The number of thioether (sulfide) groups is 1. The minimum Gasteiger partial charge on any atom is -0.476 e. The van der Waals surface area contributed by atoms with Crippen molar-refractivity contribution in [1.82, 2.24) is 4.90 Å². The summed E-state index contributed by atoms with van der Waals surface area (Å²) in [5.41, 5.74) is 0.909. The first kappa shape index (κ1) is 18.9. The van der Waals surface area contributed by atoms with E-state index in [1.807, 2.05) is 32.0 Å². The number of rotatable bonds is 6. The van der Waals surface area contributed by atoms with Crippen LogP contribution in [0.5, 0.6) is 5.75 Å². The molecule has 1 saturated heterocycles. The lowest BCUT2D eigenvalue weighted by Crippen LogP contribution is -2.56. The first-order valence-corrected chi connectivity index (χ1v) is 11.0. The van der Waals surface area contributed by atoms with E-state index in [0.717, 1.165) is 22.5 Å². The summed E-state index contributed by atoms with van der Waals surface area (Å²) >= 11 is 1.51. The van der Waals surface area contributed by atoms with Gasteiger partial charge in [-0.2, -0.15) is 8.42 Å². The molecule has 1 aromatic rings. The molecule has 4 rings (SSSR count). The number of aliphatic carboxylic acids is 1. The van der Waals surface area contributed by atoms with Gasteiger partial charge in [0, 0.05) is 12.8 Å². The second-order valence-electron chi connectivity index (χ2n) is 6.35. The van der Waals surface area contributed by atoms with Crippen molar-refractivity contribution in [1.29, 1.82) is 0 Å². The van der Waals surface area contributed by atoms with Gasteiger partial charge in [0.15, 0.2) is 17.7 Å². The topological polar surface area (TPSA) is 93.1 Å². The molecule has 9 heteroatoms. The summed E-state index contributed by atoms with van der Waals surface area (Å²) in [6.45, 7) is 3.79. The fourth-order valence-electron chi connectivity index (χ4n) is 3.03. The van der Waals surface area contributed by atoms with E-state index in [-0.39, 0.29) is 23.3 Å². The number of allylic oxidation sites excluding steroid dienone is 1. The fraction of sp³-hybridized carbons (Fsp3) is 0.471. The van der Waals surface area contributed by atoms with Crippen LogP contribution in [0, 0.1) is 6.92 Å². The molecule has 1 N–H and O–H groups in total. The number of ether oxygens (including phenoxy) is 1. The highest BCUT2D eigenvalue weighted by Gasteiger charge is 2.48. The van der Waals surface area contributed by atoms with Crippen LogP contribution in [0.2, 0.25) is 0 Å². The molecule has 3 heterocycles. The molecule has 3 aliphatic rings. The monoisotopic (exact) mass is 399 g/mol. The molecule has 0 aromatic heterocycles. The molecule has 7 nitrogen and oxygen atoms in total. The van der Waals surface area contributed by atoms with Gasteiger partial charge in [0.1, 0.15) is 5.75 Å². The second kappa shape index (κ2) is 7.03. The summed E-state index contributed by atoms with van der Waals surface area (Å²) < 4.78 is 34.2. The summed E-state index contributed by atoms with van der Waals surface area (Å²) in [6, 6.07) is 5.86. The van der Waals surface area contributed by atoms with E-state index in [2.05, 4.69) is 0 Å². The van der Waals surface area contributed by atoms with Gasteiger partial charge < -0.3 is 18.9 Å². The number of carboxylic acid groups (broad SMARTS) is 1. The summed E-state index contributed by atoms with van der Waals surface area (Å²) in [6.07, 6.45) is 1.86. The predicted molar refractivity (Wildman–Crippen MR) is 97.2 cm³/mol. The number of aryl methyl sites for hydroxylation is 1. The molecule has 1 fully saturated rings. The van der Waals surface area contributed by atoms with Crippen LogP contribution in [0.1, 0.15) is 31.7 Å². The Bertz CT molecular complexity index is 864. The Morgan fingerprint density at radius 3 is 2.81 bits per heavy atom. The van der Waals surface area contributed by atoms with Gasteiger partial charge >= 0.3 is 16.1 Å². The van der Waals surface area contributed by atoms with E-state index >= 15 is 0 Å². The Morgan fingerprint density at radius 1 is 1.46 bits per heavy atom. The van der Waals surface area contributed by atoms with Crippen molar-refractivity contribution >= 4 is 27.8 Å². The number of benzene rings is 1. The number of carbonyl (C=O) groups is 1. The zero-order valence-corrected chi connectivity index (χ0v) is 16.4. The van der Waals surface area contributed by atoms with Crippen molar-refractivity contribution in [2.45, 2.75) is 49.6 Å². The summed E-state index contributed by atoms with van der Waals surface area (Å²) in [7, 11) is -3.83. The van der Waals surface area contributed by atoms with E-state index in [1.165, 1.54) is 11.8 Å². The van der Waals surface area contributed by atoms with Gasteiger partial charge in [0.05, 0.1) is 16.5 Å². The Kier molecular flexibility index (Phi) is 5.12. The van der Waals surface area contributed by atoms with E-state index < -0.39 is 22.3 Å². The van der Waals surface area contributed by atoms with Crippen LogP contribution in [0.15, 0.2) is 34.6 Å². The molecule has 2 atom stereocenters. The molecule has 142 valence electrons. The maximum absolute atomic E-state index is 12.0. The third kappa shape index (κ3) is 3.78. The third-order valence-corrected chi connectivity index (χ3v) is 5.89. The standard InChI is InChI=1S/C17H21NO6S2/c1-4-5-11(24-26(3,21)22)16(17(19)20)18-14-9-15(18)25-13-7-6-10(2)8-12(13)23-14/h6-8,14-15H,4-5,9H2,1-3H3,(H,19,20). The lowest BCUT2D eigenvalue weighted by Gasteiger charge is -2.46. The van der Waals surface area contributed by atoms with Gasteiger partial charge in [0.25, 0.3) is 0 Å². The number of carboxylic acids is 1. The second-order valence-corrected chi connectivity index (χ2v) is 9.15. The van der Waals surface area contributed by atoms with Crippen molar-refractivity contribution in [3.63, 3.8) is 0 Å². The van der Waals surface area contributed by atoms with Gasteiger partial charge in [0.2, 0.25) is 0 Å². The zero-order chi connectivity index (χ0) is 19.1. The highest BCUT2D eigenvalue weighted by Crippen LogP contribution is 2.49. The molecule has 0 spiro atoms. The normalized spacial score (nSPS) is 22.3. The summed E-state index contributed by atoms with van der Waals surface area (Å²) in [5, 5.41) is 9.62. The Morgan fingerprint density at radius 2 is 2.19 bits per heavy atom. The van der Waals surface area contributed by atoms with Crippen LogP contribution in [0.3, 0.4) is 0 Å². The average molecular weight is 399 g/mol. The van der Waals surface area contributed by atoms with Crippen LogP contribution in [0.4, 0.5) is 0 Å². The molecule has 2 bridgehead atoms. The zero-order valence-electron chi connectivity index (χ0n) is 14.8. The van der Waals surface area contributed by atoms with Crippen LogP contribution in [0.25, 0.3) is 0 Å². The van der Waals surface area contributed by atoms with E-state index in [4.69, 9.17) is 8.92 Å². The van der Waals surface area contributed by atoms with E-state index in [9.17, 15) is 18.3 Å². The largest absolute Gasteiger partial charge is 0.476 e. The molecular weight excluding hydrogens is 378 g/mol. The smallest absolute Gasteiger partial charge is 0.355 e. The minimum atomic E-state index is -3.83. The van der Waals surface area contributed by atoms with Crippen LogP contribution >= 0.6 is 11.8 Å². The molecule has 2 unspecified atom stereocenters. The van der Waals surface area contributed by atoms with Crippen molar-refractivity contribution in [2.75, 3.05) is 6.26 Å². The van der Waals surface area contributed by atoms with Gasteiger partial charge in [-0.1, -0.05) is 24.8 Å². The molecular formula is C17H21NO6S2. The summed E-state index contributed by atoms with van der Waals surface area (Å²) in [5.74, 6) is -0.558. The molecule has 0 saturated carbocycles. The van der Waals surface area contributed by atoms with E-state index in [0.29, 0.717) is 12.8 Å². The Balaban J connectivity index is 2.00. The fourth-order valence-corrected chi connectivity index (χ4v) is 4.83. The van der Waals surface area contributed by atoms with E-state index in [1.54, 1.807) is 4.90 Å². The third-order valence-electron chi connectivity index (χ3n) is 4.10. The molecule has 0 aliphatic carbocycles. The molecule has 0 amide bonds. The first-order valence-electron chi connectivity index (χ1n) is 8.27. The number of hydrogen-bond donors (Lipinski definition) is 1. The highest BCUT2D eigenvalue weighted by atomic mass is 32.2. The molecule has 3 aliphatic heterocycles. The summed E-state index contributed by atoms with van der Waals surface area (Å²) in [4.78, 5) is 14.5. The quantitative estimate of drug-likeness (QED) is 0.443. The first-order chi connectivity index (χ1) is 12.2. The lowest BCUT2D eigenvalue weighted by molar-refractivity contribution is -0.139. The van der Waals surface area contributed by atoms with Crippen molar-refractivity contribution in [2.24, 2.45) is 0 Å². The van der Waals surface area contributed by atoms with Crippen molar-refractivity contribution < 1.29 is 27.2 Å². The van der Waals surface area contributed by atoms with Gasteiger partial charge in [-0.25, -0.2) is 4.79 Å². The molecule has 1 aromatic carbocycles. The van der Waals surface area contributed by atoms with Gasteiger partial charge in [-0.15, -0.1) is 0 Å².